The summed E-state index contributed by atoms with van der Waals surface area (Å²) in [7, 11) is -3.49. The third kappa shape index (κ3) is 3.21. The lowest BCUT2D eigenvalue weighted by atomic mass is 10.2. The van der Waals surface area contributed by atoms with Gasteiger partial charge in [0.2, 0.25) is 10.0 Å². The van der Waals surface area contributed by atoms with Crippen molar-refractivity contribution in [3.05, 3.63) is 11.4 Å². The first kappa shape index (κ1) is 15.5. The van der Waals surface area contributed by atoms with Crippen LogP contribution in [-0.2, 0) is 16.6 Å². The van der Waals surface area contributed by atoms with Crippen LogP contribution in [0.1, 0.15) is 37.6 Å². The maximum atomic E-state index is 12.5. The van der Waals surface area contributed by atoms with Crippen LogP contribution in [0.4, 0.5) is 0 Å². The predicted molar refractivity (Wildman–Crippen MR) is 77.9 cm³/mol. The Morgan fingerprint density at radius 1 is 1.45 bits per heavy atom. The molecule has 1 aromatic heterocycles. The molecule has 6 nitrogen and oxygen atoms in total. The molecule has 1 saturated carbocycles. The predicted octanol–water partition coefficient (Wildman–Crippen LogP) is 0.926. The number of hydrogen-bond donors (Lipinski definition) is 2. The minimum absolute atomic E-state index is 0.00816. The number of rotatable bonds is 7. The van der Waals surface area contributed by atoms with E-state index in [1.165, 1.54) is 0 Å². The van der Waals surface area contributed by atoms with E-state index in [0.717, 1.165) is 19.3 Å². The van der Waals surface area contributed by atoms with Gasteiger partial charge in [0.1, 0.15) is 4.90 Å². The molecule has 1 fully saturated rings. The Morgan fingerprint density at radius 2 is 2.10 bits per heavy atom. The SMILES string of the molecule is Cc1nn(CCCN)c(C)c1S(=O)(=O)NC(C)C1CC1. The number of aromatic nitrogens is 2. The first-order valence-corrected chi connectivity index (χ1v) is 8.61. The second-order valence-electron chi connectivity index (χ2n) is 5.61. The van der Waals surface area contributed by atoms with E-state index >= 15 is 0 Å². The molecule has 1 aliphatic carbocycles. The van der Waals surface area contributed by atoms with Crippen molar-refractivity contribution in [1.29, 1.82) is 0 Å². The fourth-order valence-corrected chi connectivity index (χ4v) is 4.25. The Bertz CT molecular complexity index is 575. The van der Waals surface area contributed by atoms with E-state index in [1.807, 2.05) is 6.92 Å². The molecule has 7 heteroatoms. The second-order valence-corrected chi connectivity index (χ2v) is 7.26. The molecule has 0 spiro atoms. The van der Waals surface area contributed by atoms with Crippen molar-refractivity contribution in [2.75, 3.05) is 6.54 Å². The minimum Gasteiger partial charge on any atom is -0.330 e. The number of nitrogens with two attached hydrogens (primary N) is 1. The molecule has 114 valence electrons. The quantitative estimate of drug-likeness (QED) is 0.783. The molecule has 1 aliphatic rings. The molecular formula is C13H24N4O2S. The summed E-state index contributed by atoms with van der Waals surface area (Å²) in [5.41, 5.74) is 6.73. The largest absolute Gasteiger partial charge is 0.330 e. The van der Waals surface area contributed by atoms with Gasteiger partial charge in [0.25, 0.3) is 0 Å². The topological polar surface area (TPSA) is 90.0 Å². The van der Waals surface area contributed by atoms with E-state index in [4.69, 9.17) is 5.73 Å². The van der Waals surface area contributed by atoms with Crippen molar-refractivity contribution in [1.82, 2.24) is 14.5 Å². The molecule has 1 heterocycles. The van der Waals surface area contributed by atoms with Crippen LogP contribution in [0.2, 0.25) is 0 Å². The highest BCUT2D eigenvalue weighted by molar-refractivity contribution is 7.89. The highest BCUT2D eigenvalue weighted by Gasteiger charge is 2.33. The molecule has 0 aromatic carbocycles. The molecule has 0 aliphatic heterocycles. The van der Waals surface area contributed by atoms with Crippen molar-refractivity contribution in [3.8, 4) is 0 Å². The van der Waals surface area contributed by atoms with Crippen LogP contribution < -0.4 is 10.5 Å². The Balaban J connectivity index is 2.23. The van der Waals surface area contributed by atoms with E-state index < -0.39 is 10.0 Å². The number of sulfonamides is 1. The molecule has 0 saturated heterocycles. The van der Waals surface area contributed by atoms with Gasteiger partial charge in [0, 0.05) is 12.6 Å². The van der Waals surface area contributed by atoms with Crippen molar-refractivity contribution in [3.63, 3.8) is 0 Å². The molecule has 1 unspecified atom stereocenters. The van der Waals surface area contributed by atoms with Gasteiger partial charge in [-0.2, -0.15) is 5.10 Å². The number of hydrogen-bond acceptors (Lipinski definition) is 4. The van der Waals surface area contributed by atoms with Gasteiger partial charge < -0.3 is 5.73 Å². The fourth-order valence-electron chi connectivity index (χ4n) is 2.52. The highest BCUT2D eigenvalue weighted by atomic mass is 32.2. The Labute approximate surface area is 120 Å². The minimum atomic E-state index is -3.49. The Kier molecular flexibility index (Phi) is 4.51. The summed E-state index contributed by atoms with van der Waals surface area (Å²) in [6.45, 7) is 6.68. The summed E-state index contributed by atoms with van der Waals surface area (Å²) in [4.78, 5) is 0.321. The molecular weight excluding hydrogens is 276 g/mol. The van der Waals surface area contributed by atoms with Crippen LogP contribution in [0.15, 0.2) is 4.90 Å². The van der Waals surface area contributed by atoms with Crippen LogP contribution >= 0.6 is 0 Å². The van der Waals surface area contributed by atoms with Crippen molar-refractivity contribution in [2.45, 2.75) is 57.5 Å². The molecule has 1 aromatic rings. The summed E-state index contributed by atoms with van der Waals surface area (Å²) in [5.74, 6) is 0.484. The van der Waals surface area contributed by atoms with Crippen LogP contribution in [0, 0.1) is 19.8 Å². The fraction of sp³-hybridized carbons (Fsp3) is 0.769. The lowest BCUT2D eigenvalue weighted by Gasteiger charge is -2.13. The van der Waals surface area contributed by atoms with E-state index in [1.54, 1.807) is 18.5 Å². The summed E-state index contributed by atoms with van der Waals surface area (Å²) < 4.78 is 29.5. The van der Waals surface area contributed by atoms with Crippen LogP contribution in [0.3, 0.4) is 0 Å². The van der Waals surface area contributed by atoms with Crippen molar-refractivity contribution in [2.24, 2.45) is 11.7 Å². The van der Waals surface area contributed by atoms with Crippen LogP contribution in [0.5, 0.6) is 0 Å². The molecule has 3 N–H and O–H groups in total. The molecule has 0 amide bonds. The number of nitrogens with one attached hydrogen (secondary N) is 1. The van der Waals surface area contributed by atoms with E-state index in [2.05, 4.69) is 9.82 Å². The third-order valence-corrected chi connectivity index (χ3v) is 5.64. The molecule has 1 atom stereocenters. The van der Waals surface area contributed by atoms with E-state index in [9.17, 15) is 8.42 Å². The van der Waals surface area contributed by atoms with Gasteiger partial charge in [0.05, 0.1) is 11.4 Å². The lowest BCUT2D eigenvalue weighted by molar-refractivity contribution is 0.535. The standard InChI is InChI=1S/C13H24N4O2S/c1-9(12-5-6-12)16-20(18,19)13-10(2)15-17(11(13)3)8-4-7-14/h9,12,16H,4-8,14H2,1-3H3. The van der Waals surface area contributed by atoms with E-state index in [-0.39, 0.29) is 6.04 Å². The second kappa shape index (κ2) is 5.83. The summed E-state index contributed by atoms with van der Waals surface area (Å²) >= 11 is 0. The van der Waals surface area contributed by atoms with Crippen molar-refractivity contribution < 1.29 is 8.42 Å². The van der Waals surface area contributed by atoms with Gasteiger partial charge >= 0.3 is 0 Å². The molecule has 0 bridgehead atoms. The van der Waals surface area contributed by atoms with Crippen LogP contribution in [0.25, 0.3) is 0 Å². The summed E-state index contributed by atoms with van der Waals surface area (Å²) in [6, 6.07) is -0.00816. The van der Waals surface area contributed by atoms with Gasteiger partial charge in [-0.15, -0.1) is 0 Å². The summed E-state index contributed by atoms with van der Waals surface area (Å²) in [5, 5.41) is 4.32. The van der Waals surface area contributed by atoms with Gasteiger partial charge in [-0.05, 0) is 52.5 Å². The van der Waals surface area contributed by atoms with E-state index in [0.29, 0.717) is 35.3 Å². The molecule has 0 radical (unpaired) electrons. The smallest absolute Gasteiger partial charge is 0.244 e. The zero-order chi connectivity index (χ0) is 14.9. The summed E-state index contributed by atoms with van der Waals surface area (Å²) in [6.07, 6.45) is 3.00. The first-order chi connectivity index (χ1) is 9.36. The normalized spacial score (nSPS) is 17.4. The third-order valence-electron chi connectivity index (χ3n) is 3.83. The zero-order valence-corrected chi connectivity index (χ0v) is 13.2. The maximum absolute atomic E-state index is 12.5. The van der Waals surface area contributed by atoms with Crippen LogP contribution in [-0.4, -0.2) is 30.8 Å². The average molecular weight is 300 g/mol. The molecule has 20 heavy (non-hydrogen) atoms. The van der Waals surface area contributed by atoms with Crippen molar-refractivity contribution >= 4 is 10.0 Å². The zero-order valence-electron chi connectivity index (χ0n) is 12.4. The monoisotopic (exact) mass is 300 g/mol. The number of aryl methyl sites for hydroxylation is 2. The first-order valence-electron chi connectivity index (χ1n) is 7.13. The Hall–Kier alpha value is -0.920. The number of nitrogens with zero attached hydrogens (tertiary/aromatic N) is 2. The van der Waals surface area contributed by atoms with Gasteiger partial charge in [-0.3, -0.25) is 4.68 Å². The molecule has 2 rings (SSSR count). The van der Waals surface area contributed by atoms with Gasteiger partial charge in [-0.25, -0.2) is 13.1 Å². The lowest BCUT2D eigenvalue weighted by Crippen LogP contribution is -2.34. The van der Waals surface area contributed by atoms with Gasteiger partial charge in [0.15, 0.2) is 0 Å². The van der Waals surface area contributed by atoms with Gasteiger partial charge in [-0.1, -0.05) is 0 Å². The highest BCUT2D eigenvalue weighted by Crippen LogP contribution is 2.33. The average Bonchev–Trinajstić information content (AvgIpc) is 3.13. The maximum Gasteiger partial charge on any atom is 0.244 e. The Morgan fingerprint density at radius 3 is 2.65 bits per heavy atom.